The number of benzene rings is 12. The van der Waals surface area contributed by atoms with Gasteiger partial charge in [0.05, 0.1) is 38.8 Å². The Morgan fingerprint density at radius 3 is 1.35 bits per heavy atom. The average molecular weight is 1270 g/mol. The molecular weight excluding hydrogens is 1170 g/mol. The summed E-state index contributed by atoms with van der Waals surface area (Å²) in [6, 6.07) is 69.9. The second kappa shape index (κ2) is 22.2. The third kappa shape index (κ3) is 10.3. The van der Waals surface area contributed by atoms with Crippen LogP contribution in [0.3, 0.4) is 0 Å². The Kier molecular flexibility index (Phi) is 12.2. The Morgan fingerprint density at radius 2 is 0.794 bits per heavy atom. The summed E-state index contributed by atoms with van der Waals surface area (Å²) in [5, 5.41) is 1.82. The lowest BCUT2D eigenvalue weighted by Crippen LogP contribution is -2.61. The maximum absolute atomic E-state index is 9.82. The highest BCUT2D eigenvalue weighted by Crippen LogP contribution is 2.56. The van der Waals surface area contributed by atoms with E-state index in [0.717, 1.165) is 117 Å². The second-order valence-corrected chi connectivity index (χ2v) is 32.0. The second-order valence-electron chi connectivity index (χ2n) is 32.0. The molecule has 2 aromatic heterocycles. The van der Waals surface area contributed by atoms with Crippen molar-refractivity contribution in [2.24, 2.45) is 0 Å². The Bertz CT molecular complexity index is 5810. The Hall–Kier alpha value is -10.1. The van der Waals surface area contributed by atoms with E-state index in [9.17, 15) is 8.22 Å². The van der Waals surface area contributed by atoms with Crippen LogP contribution in [0.2, 0.25) is 0 Å². The zero-order valence-electron chi connectivity index (χ0n) is 66.4. The molecule has 0 fully saturated rings. The first kappa shape index (κ1) is 53.1. The Balaban J connectivity index is 1.12. The minimum Gasteiger partial charge on any atom is -0.456 e. The monoisotopic (exact) mass is 1270 g/mol. The molecule has 4 heterocycles. The molecule has 4 nitrogen and oxygen atoms in total. The number of fused-ring (bicyclic) bond motifs is 10. The molecule has 0 saturated carbocycles. The molecule has 14 aromatic rings. The lowest BCUT2D eigenvalue weighted by atomic mass is 9.33. The fraction of sp³-hybridized carbons (Fsp3) is 0.217. The van der Waals surface area contributed by atoms with Crippen LogP contribution in [0.5, 0.6) is 0 Å². The van der Waals surface area contributed by atoms with Crippen LogP contribution in [0.25, 0.3) is 93.9 Å². The van der Waals surface area contributed by atoms with Crippen LogP contribution in [0.1, 0.15) is 143 Å². The Morgan fingerprint density at radius 1 is 0.330 bits per heavy atom. The number of nitrogens with zero attached hydrogens (tertiary/aromatic N) is 3. The Labute approximate surface area is 585 Å². The summed E-state index contributed by atoms with van der Waals surface area (Å²) in [5.41, 5.74) is 23.6. The van der Waals surface area contributed by atoms with Gasteiger partial charge >= 0.3 is 0 Å². The lowest BCUT2D eigenvalue weighted by Gasteiger charge is -2.46. The van der Waals surface area contributed by atoms with Gasteiger partial charge in [-0.3, -0.25) is 0 Å². The van der Waals surface area contributed by atoms with Crippen molar-refractivity contribution in [1.82, 2.24) is 4.57 Å². The topological polar surface area (TPSA) is 24.6 Å². The predicted molar refractivity (Wildman–Crippen MR) is 417 cm³/mol. The SMILES string of the molecule is [2H]c1c([2H])c([2H])c2c(c1[2H])c1c([2H])c([2H])c([2H])c([2H])c1n2-c1ccc2c(c1)N(c1c(-c3ccc(C(C)(C)C)cc3)ccc3oc4ccccc4c13)c1cc(C(C)(C)C)cc3c1B2c1ccc(-c2cc(C(C)(C)C)cc(C(C)(C)C)c2)cc1N3c1c(-c2ccccc2)cc(C(C)(C)C)cc1-c1ccccc1. The standard InChI is InChI=1S/C92H86BN3O/c1-88(2,3)62-41-38-59(39-42-62)68-44-47-83-84(71-34-24-27-37-82(71)97-83)87(68)96-79-56-67(94-76-35-25-22-32-69(76)70-33-23-26-36-77(70)94)43-46-75(79)93-74-45-40-60(61-48-63(89(4,5)6)51-64(49-61)90(7,8)9)50-78(74)95(80-54-66(92(13,14)15)55-81(96)85(80)93)86-72(57-28-18-16-19-29-57)52-65(91(10,11)12)53-73(86)58-30-20-17-21-31-58/h16-56H,1-15H3/i22D,23D,25D,26D,32D,33D,35D,36D. The molecule has 97 heavy (non-hydrogen) atoms. The minimum absolute atomic E-state index is 0.0121. The smallest absolute Gasteiger partial charge is 0.252 e. The first-order valence-electron chi connectivity index (χ1n) is 38.2. The minimum atomic E-state index is -0.497. The van der Waals surface area contributed by atoms with E-state index < -0.39 is 48.4 Å². The van der Waals surface area contributed by atoms with Crippen molar-refractivity contribution in [3.8, 4) is 50.2 Å². The molecule has 478 valence electrons. The van der Waals surface area contributed by atoms with Crippen LogP contribution in [-0.2, 0) is 27.1 Å². The van der Waals surface area contributed by atoms with Crippen molar-refractivity contribution in [1.29, 1.82) is 0 Å². The summed E-state index contributed by atoms with van der Waals surface area (Å²) in [6.07, 6.45) is 0. The highest BCUT2D eigenvalue weighted by molar-refractivity contribution is 7.00. The molecule has 2 aliphatic heterocycles. The highest BCUT2D eigenvalue weighted by atomic mass is 16.3. The summed E-state index contributed by atoms with van der Waals surface area (Å²) >= 11 is 0. The average Bonchev–Trinajstić information content (AvgIpc) is 1.21. The summed E-state index contributed by atoms with van der Waals surface area (Å²) in [7, 11) is 0. The van der Waals surface area contributed by atoms with Crippen molar-refractivity contribution >= 4 is 101 Å². The first-order valence-corrected chi connectivity index (χ1v) is 34.2. The molecule has 0 radical (unpaired) electrons. The van der Waals surface area contributed by atoms with E-state index in [2.05, 4.69) is 296 Å². The molecule has 0 amide bonds. The zero-order chi connectivity index (χ0) is 74.4. The van der Waals surface area contributed by atoms with E-state index in [1.54, 1.807) is 4.57 Å². The van der Waals surface area contributed by atoms with Gasteiger partial charge in [0, 0.05) is 61.3 Å². The van der Waals surface area contributed by atoms with Crippen LogP contribution in [0, 0.1) is 0 Å². The number of aromatic nitrogens is 1. The third-order valence-corrected chi connectivity index (χ3v) is 20.4. The number of hydrogen-bond acceptors (Lipinski definition) is 3. The predicted octanol–water partition coefficient (Wildman–Crippen LogP) is 23.9. The van der Waals surface area contributed by atoms with Crippen LogP contribution in [0.15, 0.2) is 253 Å². The molecule has 5 heteroatoms. The van der Waals surface area contributed by atoms with E-state index in [1.165, 1.54) is 22.3 Å². The summed E-state index contributed by atoms with van der Waals surface area (Å²) in [4.78, 5) is 5.04. The maximum Gasteiger partial charge on any atom is 0.252 e. The summed E-state index contributed by atoms with van der Waals surface area (Å²) < 4.78 is 84.0. The number of anilines is 6. The van der Waals surface area contributed by atoms with Gasteiger partial charge in [-0.15, -0.1) is 0 Å². The van der Waals surface area contributed by atoms with Crippen LogP contribution < -0.4 is 26.2 Å². The van der Waals surface area contributed by atoms with Gasteiger partial charge in [0.15, 0.2) is 0 Å². The molecule has 12 aromatic carbocycles. The van der Waals surface area contributed by atoms with Gasteiger partial charge in [-0.25, -0.2) is 0 Å². The molecule has 0 saturated heterocycles. The van der Waals surface area contributed by atoms with Crippen molar-refractivity contribution in [3.63, 3.8) is 0 Å². The van der Waals surface area contributed by atoms with Gasteiger partial charge in [0.25, 0.3) is 6.71 Å². The van der Waals surface area contributed by atoms with Crippen molar-refractivity contribution in [3.05, 3.63) is 276 Å². The van der Waals surface area contributed by atoms with Gasteiger partial charge < -0.3 is 18.8 Å². The fourth-order valence-electron chi connectivity index (χ4n) is 14.9. The zero-order valence-corrected chi connectivity index (χ0v) is 58.4. The summed E-state index contributed by atoms with van der Waals surface area (Å²) in [6.45, 7) is 33.7. The van der Waals surface area contributed by atoms with Gasteiger partial charge in [-0.1, -0.05) is 280 Å². The van der Waals surface area contributed by atoms with E-state index in [4.69, 9.17) is 7.16 Å². The summed E-state index contributed by atoms with van der Waals surface area (Å²) in [5.74, 6) is 0. The van der Waals surface area contributed by atoms with E-state index >= 15 is 0 Å². The first-order chi connectivity index (χ1) is 49.6. The molecule has 0 N–H and O–H groups in total. The van der Waals surface area contributed by atoms with Gasteiger partial charge in [-0.2, -0.15) is 0 Å². The van der Waals surface area contributed by atoms with Crippen molar-refractivity contribution < 1.29 is 15.4 Å². The molecule has 0 aliphatic carbocycles. The molecule has 0 bridgehead atoms. The fourth-order valence-corrected chi connectivity index (χ4v) is 14.9. The number of para-hydroxylation sites is 3. The largest absolute Gasteiger partial charge is 0.456 e. The molecule has 0 spiro atoms. The third-order valence-electron chi connectivity index (χ3n) is 20.4. The quantitative estimate of drug-likeness (QED) is 0.149. The molecule has 0 unspecified atom stereocenters. The van der Waals surface area contributed by atoms with E-state index in [0.29, 0.717) is 11.3 Å². The van der Waals surface area contributed by atoms with Crippen molar-refractivity contribution in [2.75, 3.05) is 9.80 Å². The highest BCUT2D eigenvalue weighted by Gasteiger charge is 2.46. The van der Waals surface area contributed by atoms with Crippen LogP contribution in [0.4, 0.5) is 34.1 Å². The van der Waals surface area contributed by atoms with E-state index in [1.807, 2.05) is 18.2 Å². The van der Waals surface area contributed by atoms with E-state index in [-0.39, 0.29) is 55.6 Å². The van der Waals surface area contributed by atoms with Gasteiger partial charge in [0.1, 0.15) is 11.2 Å². The lowest BCUT2D eigenvalue weighted by molar-refractivity contribution is 0.569. The van der Waals surface area contributed by atoms with Gasteiger partial charge in [0.2, 0.25) is 0 Å². The molecule has 16 rings (SSSR count). The molecule has 2 aliphatic rings. The number of rotatable bonds is 7. The van der Waals surface area contributed by atoms with Crippen LogP contribution >= 0.6 is 0 Å². The maximum atomic E-state index is 9.82. The van der Waals surface area contributed by atoms with Crippen LogP contribution in [-0.4, -0.2) is 11.3 Å². The normalized spacial score (nSPS) is 14.6. The molecule has 0 atom stereocenters. The number of hydrogen-bond donors (Lipinski definition) is 0. The van der Waals surface area contributed by atoms with Gasteiger partial charge in [-0.05, 0) is 172 Å². The van der Waals surface area contributed by atoms with Crippen molar-refractivity contribution in [2.45, 2.75) is 131 Å². The number of furan rings is 1. The molecular formula is C92H86BN3O.